The molecule has 0 atom stereocenters. The quantitative estimate of drug-likeness (QED) is 0.881. The van der Waals surface area contributed by atoms with Crippen LogP contribution < -0.4 is 5.32 Å². The second-order valence-corrected chi connectivity index (χ2v) is 4.19. The summed E-state index contributed by atoms with van der Waals surface area (Å²) in [4.78, 5) is 11.5. The number of hydrogen-bond acceptors (Lipinski definition) is 3. The summed E-state index contributed by atoms with van der Waals surface area (Å²) in [5, 5.41) is 7.65. The van der Waals surface area contributed by atoms with E-state index in [1.165, 1.54) is 11.1 Å². The summed E-state index contributed by atoms with van der Waals surface area (Å²) in [6.45, 7) is 6.59. The van der Waals surface area contributed by atoms with Crippen molar-refractivity contribution in [3.05, 3.63) is 29.0 Å². The number of carbonyl (C=O) groups is 1. The molecule has 0 fully saturated rings. The number of nitrogens with one attached hydrogen (secondary N) is 1. The molecule has 1 heterocycles. The number of carbonyl (C=O) groups excluding carboxylic acids is 1. The fraction of sp³-hybridized carbons (Fsp3) is 0.385. The van der Waals surface area contributed by atoms with Crippen molar-refractivity contribution in [3.63, 3.8) is 0 Å². The molecular weight excluding hydrogens is 216 g/mol. The minimum Gasteiger partial charge on any atom is -0.356 e. The number of rotatable bonds is 3. The molecular formula is C13H16N2O2. The van der Waals surface area contributed by atoms with Gasteiger partial charge in [-0.05, 0) is 44.0 Å². The summed E-state index contributed by atoms with van der Waals surface area (Å²) in [6, 6.07) is 3.98. The van der Waals surface area contributed by atoms with Crippen molar-refractivity contribution in [2.75, 3.05) is 6.54 Å². The highest BCUT2D eigenvalue weighted by Crippen LogP contribution is 2.22. The molecule has 4 nitrogen and oxygen atoms in total. The highest BCUT2D eigenvalue weighted by Gasteiger charge is 2.12. The van der Waals surface area contributed by atoms with Crippen molar-refractivity contribution in [1.82, 2.24) is 10.5 Å². The lowest BCUT2D eigenvalue weighted by molar-refractivity contribution is -0.120. The zero-order chi connectivity index (χ0) is 12.4. The molecule has 0 aliphatic carbocycles. The molecule has 2 aromatic rings. The molecule has 0 unspecified atom stereocenters. The van der Waals surface area contributed by atoms with Crippen LogP contribution in [-0.2, 0) is 11.2 Å². The monoisotopic (exact) mass is 232 g/mol. The van der Waals surface area contributed by atoms with Gasteiger partial charge in [-0.3, -0.25) is 4.79 Å². The van der Waals surface area contributed by atoms with E-state index in [-0.39, 0.29) is 12.3 Å². The smallest absolute Gasteiger partial charge is 0.226 e. The van der Waals surface area contributed by atoms with Crippen LogP contribution in [0.3, 0.4) is 0 Å². The Bertz CT molecular complexity index is 558. The third kappa shape index (κ3) is 2.30. The van der Waals surface area contributed by atoms with Crippen LogP contribution >= 0.6 is 0 Å². The number of aromatic nitrogens is 1. The summed E-state index contributed by atoms with van der Waals surface area (Å²) in [7, 11) is 0. The minimum absolute atomic E-state index is 0.0269. The molecule has 0 aliphatic heterocycles. The Morgan fingerprint density at radius 1 is 1.35 bits per heavy atom. The van der Waals surface area contributed by atoms with Gasteiger partial charge in [-0.2, -0.15) is 0 Å². The van der Waals surface area contributed by atoms with E-state index < -0.39 is 0 Å². The fourth-order valence-corrected chi connectivity index (χ4v) is 1.78. The van der Waals surface area contributed by atoms with Crippen LogP contribution in [0.1, 0.15) is 23.7 Å². The standard InChI is InChI=1S/C13H16N2O2/c1-4-14-13(16)7-11-10-5-8(2)9(3)6-12(10)17-15-11/h5-6H,4,7H2,1-3H3,(H,14,16). The van der Waals surface area contributed by atoms with E-state index in [4.69, 9.17) is 4.52 Å². The summed E-state index contributed by atoms with van der Waals surface area (Å²) in [5.74, 6) is -0.0269. The van der Waals surface area contributed by atoms with Crippen molar-refractivity contribution < 1.29 is 9.32 Å². The topological polar surface area (TPSA) is 55.1 Å². The summed E-state index contributed by atoms with van der Waals surface area (Å²) in [5.41, 5.74) is 3.79. The van der Waals surface area contributed by atoms with Crippen LogP contribution in [0.25, 0.3) is 11.0 Å². The predicted octanol–water partition coefficient (Wildman–Crippen LogP) is 2.12. The maximum atomic E-state index is 11.5. The molecule has 1 N–H and O–H groups in total. The molecule has 17 heavy (non-hydrogen) atoms. The van der Waals surface area contributed by atoms with E-state index in [2.05, 4.69) is 10.5 Å². The first kappa shape index (κ1) is 11.6. The van der Waals surface area contributed by atoms with Crippen molar-refractivity contribution in [2.45, 2.75) is 27.2 Å². The van der Waals surface area contributed by atoms with Gasteiger partial charge in [0, 0.05) is 11.9 Å². The van der Waals surface area contributed by atoms with Gasteiger partial charge in [0.2, 0.25) is 5.91 Å². The van der Waals surface area contributed by atoms with Crippen LogP contribution in [-0.4, -0.2) is 17.6 Å². The molecule has 1 aromatic heterocycles. The molecule has 0 radical (unpaired) electrons. The second-order valence-electron chi connectivity index (χ2n) is 4.19. The van der Waals surface area contributed by atoms with Crippen LogP contribution in [0.2, 0.25) is 0 Å². The third-order valence-corrected chi connectivity index (χ3v) is 2.86. The number of likely N-dealkylation sites (N-methyl/N-ethyl adjacent to an activating group) is 1. The van der Waals surface area contributed by atoms with E-state index in [1.807, 2.05) is 32.9 Å². The van der Waals surface area contributed by atoms with Gasteiger partial charge in [-0.1, -0.05) is 5.16 Å². The lowest BCUT2D eigenvalue weighted by Gasteiger charge is -2.00. The third-order valence-electron chi connectivity index (χ3n) is 2.86. The van der Waals surface area contributed by atoms with Gasteiger partial charge in [0.15, 0.2) is 5.58 Å². The van der Waals surface area contributed by atoms with E-state index in [9.17, 15) is 4.79 Å². The van der Waals surface area contributed by atoms with Crippen molar-refractivity contribution in [1.29, 1.82) is 0 Å². The van der Waals surface area contributed by atoms with E-state index in [1.54, 1.807) is 0 Å². The number of fused-ring (bicyclic) bond motifs is 1. The first-order valence-electron chi connectivity index (χ1n) is 5.74. The Morgan fingerprint density at radius 2 is 2.06 bits per heavy atom. The molecule has 1 aromatic carbocycles. The Labute approximate surface area is 100.0 Å². The van der Waals surface area contributed by atoms with Gasteiger partial charge in [0.05, 0.1) is 6.42 Å². The normalized spacial score (nSPS) is 10.8. The summed E-state index contributed by atoms with van der Waals surface area (Å²) < 4.78 is 5.23. The van der Waals surface area contributed by atoms with Gasteiger partial charge in [0.1, 0.15) is 5.69 Å². The van der Waals surface area contributed by atoms with Crippen molar-refractivity contribution in [2.24, 2.45) is 0 Å². The average molecular weight is 232 g/mol. The first-order chi connectivity index (χ1) is 8.11. The van der Waals surface area contributed by atoms with Crippen LogP contribution in [0, 0.1) is 13.8 Å². The number of amides is 1. The van der Waals surface area contributed by atoms with Gasteiger partial charge >= 0.3 is 0 Å². The molecule has 0 bridgehead atoms. The minimum atomic E-state index is -0.0269. The molecule has 1 amide bonds. The second kappa shape index (κ2) is 4.57. The lowest BCUT2D eigenvalue weighted by atomic mass is 10.1. The van der Waals surface area contributed by atoms with Crippen LogP contribution in [0.5, 0.6) is 0 Å². The van der Waals surface area contributed by atoms with E-state index in [0.29, 0.717) is 12.2 Å². The van der Waals surface area contributed by atoms with Crippen molar-refractivity contribution in [3.8, 4) is 0 Å². The zero-order valence-corrected chi connectivity index (χ0v) is 10.3. The Morgan fingerprint density at radius 3 is 2.76 bits per heavy atom. The Hall–Kier alpha value is -1.84. The van der Waals surface area contributed by atoms with E-state index >= 15 is 0 Å². The van der Waals surface area contributed by atoms with Gasteiger partial charge in [-0.25, -0.2) is 0 Å². The predicted molar refractivity (Wildman–Crippen MR) is 65.9 cm³/mol. The molecule has 0 spiro atoms. The highest BCUT2D eigenvalue weighted by atomic mass is 16.5. The summed E-state index contributed by atoms with van der Waals surface area (Å²) >= 11 is 0. The number of benzene rings is 1. The van der Waals surface area contributed by atoms with Gasteiger partial charge in [0.25, 0.3) is 0 Å². The lowest BCUT2D eigenvalue weighted by Crippen LogP contribution is -2.24. The van der Waals surface area contributed by atoms with E-state index in [0.717, 1.165) is 11.0 Å². The SMILES string of the molecule is CCNC(=O)Cc1noc2cc(C)c(C)cc12. The zero-order valence-electron chi connectivity index (χ0n) is 10.3. The molecule has 4 heteroatoms. The number of nitrogens with zero attached hydrogens (tertiary/aromatic N) is 1. The molecule has 90 valence electrons. The fourth-order valence-electron chi connectivity index (χ4n) is 1.78. The van der Waals surface area contributed by atoms with Crippen molar-refractivity contribution >= 4 is 16.9 Å². The largest absolute Gasteiger partial charge is 0.356 e. The average Bonchev–Trinajstić information content (AvgIpc) is 2.63. The Kier molecular flexibility index (Phi) is 3.13. The van der Waals surface area contributed by atoms with Crippen LogP contribution in [0.4, 0.5) is 0 Å². The number of aryl methyl sites for hydroxylation is 2. The molecule has 2 rings (SSSR count). The van der Waals surface area contributed by atoms with Crippen LogP contribution in [0.15, 0.2) is 16.7 Å². The van der Waals surface area contributed by atoms with Gasteiger partial charge in [-0.15, -0.1) is 0 Å². The summed E-state index contributed by atoms with van der Waals surface area (Å²) in [6.07, 6.45) is 0.267. The molecule has 0 saturated carbocycles. The maximum Gasteiger partial charge on any atom is 0.226 e. The first-order valence-corrected chi connectivity index (χ1v) is 5.74. The highest BCUT2D eigenvalue weighted by molar-refractivity contribution is 5.87. The Balaban J connectivity index is 2.36. The van der Waals surface area contributed by atoms with Gasteiger partial charge < -0.3 is 9.84 Å². The molecule has 0 saturated heterocycles. The molecule has 0 aliphatic rings. The number of hydrogen-bond donors (Lipinski definition) is 1. The maximum absolute atomic E-state index is 11.5.